The average Bonchev–Trinajstić information content (AvgIpc) is 3.59. The number of hydrogen-bond donors (Lipinski definition) is 1. The number of nitrogens with one attached hydrogen (secondary N) is 1. The highest BCUT2D eigenvalue weighted by atomic mass is 24.3. The topological polar surface area (TPSA) is 46.5 Å². The minimum Gasteiger partial charge on any atom is -0.355 e. The fourth-order valence-electron chi connectivity index (χ4n) is 4.92. The molecule has 1 aromatic carbocycles. The number of hydrogen-bond acceptors (Lipinski definition) is 2. The smallest absolute Gasteiger partial charge is 0.0687 e. The van der Waals surface area contributed by atoms with E-state index < -0.39 is 0 Å². The van der Waals surface area contributed by atoms with E-state index in [1.165, 1.54) is 22.2 Å². The van der Waals surface area contributed by atoms with Crippen LogP contribution in [0.5, 0.6) is 0 Å². The van der Waals surface area contributed by atoms with Crippen molar-refractivity contribution in [1.82, 2.24) is 19.5 Å². The highest BCUT2D eigenvalue weighted by Crippen LogP contribution is 2.35. The highest BCUT2D eigenvalue weighted by molar-refractivity contribution is 5.93. The van der Waals surface area contributed by atoms with Gasteiger partial charge in [-0.05, 0) is 85.2 Å². The lowest BCUT2D eigenvalue weighted by molar-refractivity contribution is 1.000. The summed E-state index contributed by atoms with van der Waals surface area (Å²) in [6, 6.07) is 21.1. The molecule has 5 heterocycles. The molecule has 0 aliphatic carbocycles. The molecule has 4 aromatic rings. The molecule has 0 unspecified atom stereocenters. The van der Waals surface area contributed by atoms with Crippen LogP contribution in [0.3, 0.4) is 0 Å². The van der Waals surface area contributed by atoms with E-state index in [9.17, 15) is 0 Å². The van der Waals surface area contributed by atoms with Crippen LogP contribution in [0, 0.1) is 13.8 Å². The molecule has 34 heavy (non-hydrogen) atoms. The van der Waals surface area contributed by atoms with Crippen molar-refractivity contribution in [2.75, 3.05) is 0 Å². The van der Waals surface area contributed by atoms with E-state index in [-0.39, 0.29) is 23.1 Å². The number of aromatic nitrogens is 4. The molecule has 2 aliphatic rings. The largest absolute Gasteiger partial charge is 0.355 e. The SMILES string of the molecule is Cc1c2nc(cc3ccc(cc4nc(cc5c(-c6ccccc6)c(C)c1n5C)C=C4)[nH]3)C=C2.[Mg]. The lowest BCUT2D eigenvalue weighted by Gasteiger charge is -2.02. The summed E-state index contributed by atoms with van der Waals surface area (Å²) in [4.78, 5) is 13.2. The molecule has 8 bridgehead atoms. The van der Waals surface area contributed by atoms with Gasteiger partial charge in [0.1, 0.15) is 0 Å². The average molecular weight is 453 g/mol. The third-order valence-corrected chi connectivity index (χ3v) is 6.45. The molecule has 6 rings (SSSR count). The second-order valence-corrected chi connectivity index (χ2v) is 8.64. The summed E-state index contributed by atoms with van der Waals surface area (Å²) in [7, 11) is 2.14. The highest BCUT2D eigenvalue weighted by Gasteiger charge is 2.16. The van der Waals surface area contributed by atoms with E-state index >= 15 is 0 Å². The van der Waals surface area contributed by atoms with Crippen LogP contribution in [0.25, 0.3) is 57.5 Å². The van der Waals surface area contributed by atoms with E-state index in [1.807, 2.05) is 0 Å². The second kappa shape index (κ2) is 8.74. The Kier molecular flexibility index (Phi) is 5.76. The van der Waals surface area contributed by atoms with Crippen LogP contribution >= 0.6 is 0 Å². The number of aryl methyl sites for hydroxylation is 3. The van der Waals surface area contributed by atoms with Gasteiger partial charge in [0.05, 0.1) is 28.3 Å². The maximum absolute atomic E-state index is 4.93. The first-order chi connectivity index (χ1) is 16.1. The maximum Gasteiger partial charge on any atom is 0.0687 e. The Morgan fingerprint density at radius 3 is 2.03 bits per heavy atom. The van der Waals surface area contributed by atoms with Crippen molar-refractivity contribution in [2.45, 2.75) is 13.8 Å². The predicted octanol–water partition coefficient (Wildman–Crippen LogP) is 6.57. The summed E-state index contributed by atoms with van der Waals surface area (Å²) in [6.45, 7) is 4.37. The van der Waals surface area contributed by atoms with E-state index in [0.717, 1.165) is 44.9 Å². The van der Waals surface area contributed by atoms with Crippen LogP contribution in [-0.2, 0) is 7.05 Å². The van der Waals surface area contributed by atoms with Gasteiger partial charge in [0, 0.05) is 52.2 Å². The van der Waals surface area contributed by atoms with Gasteiger partial charge in [-0.1, -0.05) is 30.3 Å². The molecule has 3 aromatic heterocycles. The molecule has 5 heteroatoms. The third-order valence-electron chi connectivity index (χ3n) is 6.45. The summed E-state index contributed by atoms with van der Waals surface area (Å²) in [6.07, 6.45) is 8.33. The van der Waals surface area contributed by atoms with Crippen LogP contribution in [0.1, 0.15) is 33.9 Å². The van der Waals surface area contributed by atoms with Gasteiger partial charge in [-0.15, -0.1) is 0 Å². The van der Waals surface area contributed by atoms with E-state index in [0.29, 0.717) is 0 Å². The molecule has 0 amide bonds. The number of H-pyrrole nitrogens is 1. The summed E-state index contributed by atoms with van der Waals surface area (Å²) >= 11 is 0. The molecule has 0 fully saturated rings. The molecule has 162 valence electrons. The van der Waals surface area contributed by atoms with Gasteiger partial charge < -0.3 is 9.55 Å². The van der Waals surface area contributed by atoms with Gasteiger partial charge in [-0.2, -0.15) is 0 Å². The Labute approximate surface area is 214 Å². The Bertz CT molecular complexity index is 1640. The molecule has 0 atom stereocenters. The summed E-state index contributed by atoms with van der Waals surface area (Å²) in [5.74, 6) is 0. The summed E-state index contributed by atoms with van der Waals surface area (Å²) in [5, 5.41) is 0. The zero-order valence-corrected chi connectivity index (χ0v) is 21.0. The number of fused-ring (bicyclic) bond motifs is 8. The van der Waals surface area contributed by atoms with Crippen molar-refractivity contribution in [1.29, 1.82) is 0 Å². The van der Waals surface area contributed by atoms with Gasteiger partial charge in [0.2, 0.25) is 0 Å². The molecular formula is C29H24MgN4. The maximum atomic E-state index is 4.93. The molecular weight excluding hydrogens is 429 g/mol. The second-order valence-electron chi connectivity index (χ2n) is 8.64. The van der Waals surface area contributed by atoms with Crippen molar-refractivity contribution in [3.63, 3.8) is 0 Å². The van der Waals surface area contributed by atoms with Gasteiger partial charge in [-0.25, -0.2) is 9.97 Å². The first-order valence-electron chi connectivity index (χ1n) is 11.2. The van der Waals surface area contributed by atoms with Gasteiger partial charge >= 0.3 is 0 Å². The van der Waals surface area contributed by atoms with Gasteiger partial charge in [0.25, 0.3) is 0 Å². The Hall–Kier alpha value is -3.41. The lowest BCUT2D eigenvalue weighted by atomic mass is 10.0. The normalized spacial score (nSPS) is 12.1. The zero-order chi connectivity index (χ0) is 22.5. The van der Waals surface area contributed by atoms with Crippen molar-refractivity contribution < 1.29 is 0 Å². The van der Waals surface area contributed by atoms with Crippen LogP contribution < -0.4 is 0 Å². The number of aromatic amines is 1. The predicted molar refractivity (Wildman–Crippen MR) is 144 cm³/mol. The number of rotatable bonds is 1. The molecule has 0 saturated heterocycles. The fraction of sp³-hybridized carbons (Fsp3) is 0.103. The molecule has 0 spiro atoms. The van der Waals surface area contributed by atoms with Crippen LogP contribution in [0.4, 0.5) is 0 Å². The summed E-state index contributed by atoms with van der Waals surface area (Å²) in [5.41, 5.74) is 13.1. The van der Waals surface area contributed by atoms with Crippen molar-refractivity contribution in [3.05, 3.63) is 94.6 Å². The van der Waals surface area contributed by atoms with E-state index in [2.05, 4.69) is 115 Å². The molecule has 4 nitrogen and oxygen atoms in total. The third kappa shape index (κ3) is 3.81. The zero-order valence-electron chi connectivity index (χ0n) is 19.6. The standard InChI is InChI=1S/C29H24N4.Mg/c1-18-26-14-13-24(32-26)16-23-10-9-21(30-23)15-22-11-12-25(31-22)17-27-28(19(2)29(18)33(27)3)20-7-5-4-6-8-20;/h4-17,30H,1-3H3;. The Morgan fingerprint density at radius 1 is 0.706 bits per heavy atom. The Balaban J connectivity index is 0.00000241. The minimum absolute atomic E-state index is 0. The molecule has 0 saturated carbocycles. The first-order valence-corrected chi connectivity index (χ1v) is 11.2. The van der Waals surface area contributed by atoms with Gasteiger partial charge in [-0.3, -0.25) is 0 Å². The summed E-state index contributed by atoms with van der Waals surface area (Å²) < 4.78 is 2.28. The molecule has 2 aliphatic heterocycles. The van der Waals surface area contributed by atoms with E-state index in [1.54, 1.807) is 0 Å². The quantitative estimate of drug-likeness (QED) is 0.287. The Morgan fingerprint density at radius 2 is 1.32 bits per heavy atom. The lowest BCUT2D eigenvalue weighted by Crippen LogP contribution is -1.91. The first kappa shape index (κ1) is 22.4. The number of nitrogens with zero attached hydrogens (tertiary/aromatic N) is 3. The monoisotopic (exact) mass is 452 g/mol. The van der Waals surface area contributed by atoms with Crippen molar-refractivity contribution in [2.24, 2.45) is 7.05 Å². The molecule has 1 N–H and O–H groups in total. The fourth-order valence-corrected chi connectivity index (χ4v) is 4.92. The van der Waals surface area contributed by atoms with Crippen LogP contribution in [0.15, 0.2) is 60.7 Å². The number of benzene rings is 1. The van der Waals surface area contributed by atoms with Gasteiger partial charge in [0.15, 0.2) is 0 Å². The van der Waals surface area contributed by atoms with Crippen molar-refractivity contribution >= 4 is 69.4 Å². The van der Waals surface area contributed by atoms with Crippen LogP contribution in [0.2, 0.25) is 0 Å². The molecule has 2 radical (unpaired) electrons. The van der Waals surface area contributed by atoms with E-state index in [4.69, 9.17) is 9.97 Å². The minimum atomic E-state index is 0. The van der Waals surface area contributed by atoms with Crippen LogP contribution in [-0.4, -0.2) is 42.6 Å². The van der Waals surface area contributed by atoms with Crippen molar-refractivity contribution in [3.8, 4) is 11.1 Å².